The average Bonchev–Trinajstić information content (AvgIpc) is 3.16. The molecule has 0 N–H and O–H groups in total. The van der Waals surface area contributed by atoms with Gasteiger partial charge in [0.2, 0.25) is 5.69 Å². The number of halogens is 4. The molecule has 0 saturated carbocycles. The lowest BCUT2D eigenvalue weighted by Crippen LogP contribution is -2.43. The molecule has 0 bridgehead atoms. The zero-order valence-corrected chi connectivity index (χ0v) is 16.6. The fourth-order valence-corrected chi connectivity index (χ4v) is 4.02. The highest BCUT2D eigenvalue weighted by Gasteiger charge is 2.31. The summed E-state index contributed by atoms with van der Waals surface area (Å²) in [6, 6.07) is 24.6. The van der Waals surface area contributed by atoms with Gasteiger partial charge in [-0.1, -0.05) is 48.5 Å². The van der Waals surface area contributed by atoms with Crippen LogP contribution in [0.15, 0.2) is 66.7 Å². The van der Waals surface area contributed by atoms with Crippen molar-refractivity contribution in [3.05, 3.63) is 78.0 Å². The highest BCUT2D eigenvalue weighted by Crippen LogP contribution is 2.34. The Balaban J connectivity index is 0.000000431. The van der Waals surface area contributed by atoms with Gasteiger partial charge in [0.25, 0.3) is 0 Å². The SMILES string of the molecule is CC(C)[n+]1c(-c2ccccc2)cc(-c2ccccc2)c2c1CCC2.F[B-](F)(F)F. The number of hydrogen-bond donors (Lipinski definition) is 0. The predicted molar refractivity (Wildman–Crippen MR) is 110 cm³/mol. The molecule has 0 aliphatic heterocycles. The van der Waals surface area contributed by atoms with E-state index in [0.717, 1.165) is 0 Å². The molecule has 0 amide bonds. The lowest BCUT2D eigenvalue weighted by molar-refractivity contribution is -0.712. The number of pyridine rings is 1. The summed E-state index contributed by atoms with van der Waals surface area (Å²) < 4.78 is 41.6. The van der Waals surface area contributed by atoms with Gasteiger partial charge in [-0.15, -0.1) is 0 Å². The van der Waals surface area contributed by atoms with Crippen molar-refractivity contribution in [1.82, 2.24) is 0 Å². The molecule has 0 spiro atoms. The van der Waals surface area contributed by atoms with Crippen LogP contribution < -0.4 is 4.57 Å². The summed E-state index contributed by atoms with van der Waals surface area (Å²) in [7, 11) is -6.00. The molecule has 6 heteroatoms. The Morgan fingerprint density at radius 3 is 1.83 bits per heavy atom. The van der Waals surface area contributed by atoms with Crippen LogP contribution in [-0.2, 0) is 12.8 Å². The number of fused-ring (bicyclic) bond motifs is 1. The Hall–Kier alpha value is -2.63. The second kappa shape index (κ2) is 8.81. The fraction of sp³-hybridized carbons (Fsp3) is 0.261. The summed E-state index contributed by atoms with van der Waals surface area (Å²) >= 11 is 0. The molecule has 1 aliphatic rings. The molecule has 29 heavy (non-hydrogen) atoms. The molecule has 1 aromatic heterocycles. The molecule has 0 radical (unpaired) electrons. The van der Waals surface area contributed by atoms with Crippen LogP contribution in [0, 0.1) is 0 Å². The van der Waals surface area contributed by atoms with Crippen molar-refractivity contribution < 1.29 is 21.8 Å². The highest BCUT2D eigenvalue weighted by atomic mass is 19.5. The predicted octanol–water partition coefficient (Wildman–Crippen LogP) is 6.68. The molecule has 3 aromatic rings. The maximum absolute atomic E-state index is 9.75. The third kappa shape index (κ3) is 5.25. The van der Waals surface area contributed by atoms with Gasteiger partial charge in [0, 0.05) is 23.6 Å². The van der Waals surface area contributed by atoms with Crippen molar-refractivity contribution in [2.45, 2.75) is 39.2 Å². The van der Waals surface area contributed by atoms with Gasteiger partial charge >= 0.3 is 7.25 Å². The van der Waals surface area contributed by atoms with Gasteiger partial charge in [0.05, 0.1) is 0 Å². The lowest BCUT2D eigenvalue weighted by atomic mass is 9.96. The van der Waals surface area contributed by atoms with E-state index in [4.69, 9.17) is 0 Å². The minimum atomic E-state index is -6.00. The first-order valence-electron chi connectivity index (χ1n) is 9.84. The van der Waals surface area contributed by atoms with Crippen LogP contribution in [0.25, 0.3) is 22.4 Å². The Morgan fingerprint density at radius 2 is 1.31 bits per heavy atom. The molecule has 1 heterocycles. The summed E-state index contributed by atoms with van der Waals surface area (Å²) in [4.78, 5) is 0. The van der Waals surface area contributed by atoms with Crippen LogP contribution in [0.5, 0.6) is 0 Å². The van der Waals surface area contributed by atoms with Crippen molar-refractivity contribution in [2.24, 2.45) is 0 Å². The summed E-state index contributed by atoms with van der Waals surface area (Å²) in [6.45, 7) is 4.60. The van der Waals surface area contributed by atoms with E-state index < -0.39 is 7.25 Å². The minimum Gasteiger partial charge on any atom is -0.418 e. The first kappa shape index (κ1) is 21.1. The first-order valence-corrected chi connectivity index (χ1v) is 9.84. The standard InChI is InChI=1S/C23H24N.BF4/c1-17(2)24-22-15-9-14-20(22)21(18-10-5-3-6-11-18)16-23(24)19-12-7-4-8-13-19;2-1(3,4)5/h3-8,10-13,16-17H,9,14-15H2,1-2H3;/q+1;-1. The third-order valence-corrected chi connectivity index (χ3v) is 5.02. The first-order chi connectivity index (χ1) is 13.8. The van der Waals surface area contributed by atoms with Crippen LogP contribution >= 0.6 is 0 Å². The molecule has 0 saturated heterocycles. The maximum atomic E-state index is 9.75. The molecule has 0 fully saturated rings. The Kier molecular flexibility index (Phi) is 6.41. The topological polar surface area (TPSA) is 3.88 Å². The van der Waals surface area contributed by atoms with E-state index >= 15 is 0 Å². The van der Waals surface area contributed by atoms with Gasteiger partial charge in [-0.2, -0.15) is 4.57 Å². The normalized spacial score (nSPS) is 13.1. The Morgan fingerprint density at radius 1 is 0.793 bits per heavy atom. The smallest absolute Gasteiger partial charge is 0.418 e. The number of aromatic nitrogens is 1. The molecule has 152 valence electrons. The van der Waals surface area contributed by atoms with Gasteiger partial charge in [0.15, 0.2) is 11.7 Å². The monoisotopic (exact) mass is 401 g/mol. The van der Waals surface area contributed by atoms with Crippen molar-refractivity contribution in [3.8, 4) is 22.4 Å². The van der Waals surface area contributed by atoms with Crippen LogP contribution in [-0.4, -0.2) is 7.25 Å². The number of benzene rings is 2. The molecule has 1 nitrogen and oxygen atoms in total. The zero-order chi connectivity index (χ0) is 21.0. The van der Waals surface area contributed by atoms with Crippen molar-refractivity contribution in [2.75, 3.05) is 0 Å². The molecular formula is C23H24BF4N. The molecule has 0 atom stereocenters. The van der Waals surface area contributed by atoms with Crippen LogP contribution in [0.1, 0.15) is 37.6 Å². The second-order valence-corrected chi connectivity index (χ2v) is 7.41. The Bertz CT molecular complexity index is 948. The lowest BCUT2D eigenvalue weighted by Gasteiger charge is -2.15. The molecule has 2 aromatic carbocycles. The van der Waals surface area contributed by atoms with Gasteiger partial charge in [-0.05, 0) is 49.9 Å². The third-order valence-electron chi connectivity index (χ3n) is 5.02. The molecule has 1 aliphatic carbocycles. The fourth-order valence-electron chi connectivity index (χ4n) is 4.02. The zero-order valence-electron chi connectivity index (χ0n) is 16.6. The van der Waals surface area contributed by atoms with Gasteiger partial charge < -0.3 is 17.3 Å². The van der Waals surface area contributed by atoms with Gasteiger partial charge in [0.1, 0.15) is 0 Å². The van der Waals surface area contributed by atoms with Gasteiger partial charge in [-0.3, -0.25) is 0 Å². The average molecular weight is 401 g/mol. The maximum Gasteiger partial charge on any atom is 0.673 e. The summed E-state index contributed by atoms with van der Waals surface area (Å²) in [6.07, 6.45) is 3.65. The Labute approximate surface area is 169 Å². The van der Waals surface area contributed by atoms with Crippen molar-refractivity contribution in [3.63, 3.8) is 0 Å². The highest BCUT2D eigenvalue weighted by molar-refractivity contribution is 6.50. The van der Waals surface area contributed by atoms with E-state index in [1.54, 1.807) is 5.56 Å². The van der Waals surface area contributed by atoms with Crippen LogP contribution in [0.4, 0.5) is 17.3 Å². The number of nitrogens with zero attached hydrogens (tertiary/aromatic N) is 1. The van der Waals surface area contributed by atoms with E-state index in [1.165, 1.54) is 47.3 Å². The quantitative estimate of drug-likeness (QED) is 0.262. The van der Waals surface area contributed by atoms with Gasteiger partial charge in [-0.25, -0.2) is 0 Å². The van der Waals surface area contributed by atoms with E-state index in [-0.39, 0.29) is 0 Å². The minimum absolute atomic E-state index is 0.469. The largest absolute Gasteiger partial charge is 0.673 e. The van der Waals surface area contributed by atoms with E-state index in [0.29, 0.717) is 6.04 Å². The molecular weight excluding hydrogens is 377 g/mol. The van der Waals surface area contributed by atoms with E-state index in [9.17, 15) is 17.3 Å². The van der Waals surface area contributed by atoms with Crippen LogP contribution in [0.3, 0.4) is 0 Å². The summed E-state index contributed by atoms with van der Waals surface area (Å²) in [5.41, 5.74) is 8.48. The van der Waals surface area contributed by atoms with Crippen LogP contribution in [0.2, 0.25) is 0 Å². The summed E-state index contributed by atoms with van der Waals surface area (Å²) in [5, 5.41) is 0. The van der Waals surface area contributed by atoms with E-state index in [2.05, 4.69) is 85.1 Å². The number of rotatable bonds is 3. The van der Waals surface area contributed by atoms with E-state index in [1.807, 2.05) is 0 Å². The molecule has 0 unspecified atom stereocenters. The second-order valence-electron chi connectivity index (χ2n) is 7.41. The summed E-state index contributed by atoms with van der Waals surface area (Å²) in [5.74, 6) is 0. The number of hydrogen-bond acceptors (Lipinski definition) is 0. The van der Waals surface area contributed by atoms with Crippen molar-refractivity contribution >= 4 is 7.25 Å². The molecule has 4 rings (SSSR count). The van der Waals surface area contributed by atoms with Crippen molar-refractivity contribution in [1.29, 1.82) is 0 Å².